The van der Waals surface area contributed by atoms with Crippen molar-refractivity contribution in [3.8, 4) is 0 Å². The number of amides is 1. The summed E-state index contributed by atoms with van der Waals surface area (Å²) in [7, 11) is -7.75. The number of primary amides is 1. The molecule has 1 spiro atoms. The molecule has 3 heterocycles. The molecule has 17 heteroatoms. The molecule has 0 bridgehead atoms. The number of hydrogen-bond donors (Lipinski definition) is 3. The normalized spacial score (nSPS) is 23.2. The zero-order chi connectivity index (χ0) is 47.2. The number of pyridine rings is 1. The Morgan fingerprint density at radius 1 is 0.939 bits per heavy atom. The molecule has 2 aliphatic heterocycles. The SMILES string of the molecule is CC(C)c1ccccc1[C@@H]1CN(Cc2ccc(S(C)(=O)=O)cc2)CCN1C1CC2(CCN(c3ccc(C(N)=O)c(S(=O)(=O)c4cnc(NCC5CCC(C)(O)CC5)c([N+](=O)[O-])c4)c3)CC2)C1. The maximum Gasteiger partial charge on any atom is 0.312 e. The molecule has 2 aliphatic carbocycles. The van der Waals surface area contributed by atoms with Gasteiger partial charge in [0.15, 0.2) is 9.84 Å². The number of rotatable bonds is 14. The molecule has 3 aromatic carbocycles. The summed E-state index contributed by atoms with van der Waals surface area (Å²) in [6.45, 7) is 11.5. The van der Waals surface area contributed by atoms with Gasteiger partial charge in [0.25, 0.3) is 0 Å². The van der Waals surface area contributed by atoms with Crippen molar-refractivity contribution < 1.29 is 31.7 Å². The van der Waals surface area contributed by atoms with E-state index in [9.17, 15) is 36.9 Å². The predicted octanol–water partition coefficient (Wildman–Crippen LogP) is 7.11. The molecule has 0 unspecified atom stereocenters. The molecule has 0 radical (unpaired) electrons. The van der Waals surface area contributed by atoms with E-state index < -0.39 is 46.7 Å². The van der Waals surface area contributed by atoms with E-state index in [4.69, 9.17) is 5.73 Å². The van der Waals surface area contributed by atoms with Gasteiger partial charge in [0, 0.05) is 82.1 Å². The quantitative estimate of drug-likeness (QED) is 0.0852. The lowest BCUT2D eigenvalue weighted by atomic mass is 9.59. The summed E-state index contributed by atoms with van der Waals surface area (Å²) < 4.78 is 52.7. The van der Waals surface area contributed by atoms with Gasteiger partial charge in [-0.2, -0.15) is 0 Å². The van der Waals surface area contributed by atoms with E-state index in [1.165, 1.54) is 29.5 Å². The fourth-order valence-corrected chi connectivity index (χ4v) is 12.9. The summed E-state index contributed by atoms with van der Waals surface area (Å²) in [6.07, 6.45) is 9.01. The van der Waals surface area contributed by atoms with Crippen LogP contribution in [0.15, 0.2) is 93.7 Å². The molecule has 2 saturated carbocycles. The maximum atomic E-state index is 14.3. The first-order valence-electron chi connectivity index (χ1n) is 23.1. The van der Waals surface area contributed by atoms with Crippen molar-refractivity contribution in [3.63, 3.8) is 0 Å². The van der Waals surface area contributed by atoms with Crippen LogP contribution < -0.4 is 16.0 Å². The van der Waals surface area contributed by atoms with E-state index in [-0.39, 0.29) is 33.7 Å². The highest BCUT2D eigenvalue weighted by Gasteiger charge is 2.50. The topological polar surface area (TPSA) is 209 Å². The highest BCUT2D eigenvalue weighted by Crippen LogP contribution is 2.53. The molecule has 4 N–H and O–H groups in total. The molecule has 4 fully saturated rings. The number of carbonyl (C=O) groups is 1. The van der Waals surface area contributed by atoms with Crippen LogP contribution in [0.3, 0.4) is 0 Å². The first-order valence-corrected chi connectivity index (χ1v) is 26.5. The Hall–Kier alpha value is -4.94. The number of benzene rings is 3. The van der Waals surface area contributed by atoms with Crippen molar-refractivity contribution in [1.29, 1.82) is 0 Å². The molecule has 8 rings (SSSR count). The summed E-state index contributed by atoms with van der Waals surface area (Å²) >= 11 is 0. The molecule has 1 aromatic heterocycles. The van der Waals surface area contributed by atoms with Crippen molar-refractivity contribution in [2.75, 3.05) is 55.7 Å². The third-order valence-corrected chi connectivity index (χ3v) is 17.7. The fourth-order valence-electron chi connectivity index (χ4n) is 10.8. The minimum atomic E-state index is -4.48. The number of nitrogens with two attached hydrogens (primary N) is 1. The van der Waals surface area contributed by atoms with Crippen LogP contribution >= 0.6 is 0 Å². The van der Waals surface area contributed by atoms with Crippen LogP contribution in [0.1, 0.15) is 111 Å². The van der Waals surface area contributed by atoms with Crippen LogP contribution in [-0.2, 0) is 26.2 Å². The van der Waals surface area contributed by atoms with Gasteiger partial charge in [-0.15, -0.1) is 0 Å². The van der Waals surface area contributed by atoms with Crippen molar-refractivity contribution in [2.24, 2.45) is 17.1 Å². The standard InChI is InChI=1S/C49H63N7O8S2/c1-33(2)40-7-5-6-8-41(40)44-32-53(31-35-9-12-38(13-10-35)65(4,61)62)23-24-55(44)37-27-49(28-37)19-21-54(22-20-49)36-11-14-42(46(50)57)45(25-36)66(63,64)39-26-43(56(59)60)47(52-30-39)51-29-34-15-17-48(3,58)18-16-34/h5-14,25-26,30,33-34,37,44,58H,15-24,27-29,31-32H2,1-4H3,(H2,50,57)(H,51,52)/t34?,44-,48?/m0/s1. The van der Waals surface area contributed by atoms with Crippen LogP contribution in [-0.4, -0.2) is 105 Å². The van der Waals surface area contributed by atoms with Crippen LogP contribution in [0.4, 0.5) is 17.2 Å². The van der Waals surface area contributed by atoms with Crippen LogP contribution in [0.2, 0.25) is 0 Å². The van der Waals surface area contributed by atoms with Crippen LogP contribution in [0.5, 0.6) is 0 Å². The molecular weight excluding hydrogens is 879 g/mol. The van der Waals surface area contributed by atoms with Gasteiger partial charge in [-0.25, -0.2) is 21.8 Å². The van der Waals surface area contributed by atoms with E-state index in [0.717, 1.165) is 82.5 Å². The highest BCUT2D eigenvalue weighted by atomic mass is 32.2. The van der Waals surface area contributed by atoms with Gasteiger partial charge in [0.2, 0.25) is 21.6 Å². The number of nitrogens with one attached hydrogen (secondary N) is 1. The molecular formula is C49H63N7O8S2. The number of anilines is 2. The summed E-state index contributed by atoms with van der Waals surface area (Å²) in [6, 6.07) is 22.2. The number of piperidine rings is 1. The Morgan fingerprint density at radius 2 is 1.62 bits per heavy atom. The van der Waals surface area contributed by atoms with Gasteiger partial charge in [-0.05, 0) is 123 Å². The number of piperazine rings is 1. The van der Waals surface area contributed by atoms with Crippen molar-refractivity contribution in [1.82, 2.24) is 14.8 Å². The molecule has 15 nitrogen and oxygen atoms in total. The van der Waals surface area contributed by atoms with Crippen LogP contribution in [0, 0.1) is 21.4 Å². The molecule has 354 valence electrons. The van der Waals surface area contributed by atoms with Gasteiger partial charge >= 0.3 is 5.69 Å². The van der Waals surface area contributed by atoms with Crippen molar-refractivity contribution in [3.05, 3.63) is 111 Å². The largest absolute Gasteiger partial charge is 0.390 e. The van der Waals surface area contributed by atoms with Gasteiger partial charge in [-0.3, -0.25) is 24.7 Å². The number of aromatic nitrogens is 1. The van der Waals surface area contributed by atoms with E-state index >= 15 is 0 Å². The average molecular weight is 942 g/mol. The zero-order valence-corrected chi connectivity index (χ0v) is 40.0. The first-order chi connectivity index (χ1) is 31.2. The Morgan fingerprint density at radius 3 is 2.26 bits per heavy atom. The molecule has 2 saturated heterocycles. The van der Waals surface area contributed by atoms with Crippen LogP contribution in [0.25, 0.3) is 0 Å². The Balaban J connectivity index is 0.949. The van der Waals surface area contributed by atoms with E-state index in [1.54, 1.807) is 25.1 Å². The Labute approximate surface area is 388 Å². The minimum absolute atomic E-state index is 0.0464. The third-order valence-electron chi connectivity index (χ3n) is 14.8. The average Bonchev–Trinajstić information content (AvgIpc) is 3.27. The van der Waals surface area contributed by atoms with Gasteiger partial charge < -0.3 is 21.1 Å². The van der Waals surface area contributed by atoms with Gasteiger partial charge in [0.1, 0.15) is 0 Å². The number of carbonyl (C=O) groups excluding carboxylic acids is 1. The second-order valence-electron chi connectivity index (χ2n) is 19.9. The first kappa shape index (κ1) is 47.5. The van der Waals surface area contributed by atoms with E-state index in [0.29, 0.717) is 55.0 Å². The second-order valence-corrected chi connectivity index (χ2v) is 23.8. The predicted molar refractivity (Wildman–Crippen MR) is 254 cm³/mol. The summed E-state index contributed by atoms with van der Waals surface area (Å²) in [5.74, 6) is -0.437. The lowest BCUT2D eigenvalue weighted by Crippen LogP contribution is -2.60. The molecule has 1 atom stereocenters. The molecule has 1 amide bonds. The molecule has 4 aliphatic rings. The zero-order valence-electron chi connectivity index (χ0n) is 38.4. The van der Waals surface area contributed by atoms with Crippen molar-refractivity contribution in [2.45, 2.75) is 117 Å². The number of nitrogens with zero attached hydrogens (tertiary/aromatic N) is 5. The summed E-state index contributed by atoms with van der Waals surface area (Å²) in [5, 5.41) is 25.6. The molecule has 4 aromatic rings. The van der Waals surface area contributed by atoms with E-state index in [1.807, 2.05) is 12.1 Å². The van der Waals surface area contributed by atoms with Crippen molar-refractivity contribution >= 4 is 42.8 Å². The summed E-state index contributed by atoms with van der Waals surface area (Å²) in [5.41, 5.74) is 8.88. The van der Waals surface area contributed by atoms with E-state index in [2.05, 4.69) is 63.1 Å². The lowest BCUT2D eigenvalue weighted by molar-refractivity contribution is -0.384. The lowest BCUT2D eigenvalue weighted by Gasteiger charge is -2.58. The Kier molecular flexibility index (Phi) is 13.4. The Bertz CT molecular complexity index is 2670. The number of aliphatic hydroxyl groups is 1. The second kappa shape index (κ2) is 18.6. The summed E-state index contributed by atoms with van der Waals surface area (Å²) in [4.78, 5) is 35.3. The highest BCUT2D eigenvalue weighted by molar-refractivity contribution is 7.91. The number of nitro groups is 1. The number of hydrogen-bond acceptors (Lipinski definition) is 13. The molecule has 66 heavy (non-hydrogen) atoms. The smallest absolute Gasteiger partial charge is 0.312 e. The monoisotopic (exact) mass is 941 g/mol. The fraction of sp³-hybridized carbons (Fsp3) is 0.510. The number of sulfone groups is 2. The maximum absolute atomic E-state index is 14.3. The third kappa shape index (κ3) is 10.1. The van der Waals surface area contributed by atoms with Gasteiger partial charge in [-0.1, -0.05) is 50.2 Å². The minimum Gasteiger partial charge on any atom is -0.390 e. The van der Waals surface area contributed by atoms with Gasteiger partial charge in [0.05, 0.1) is 30.8 Å².